The lowest BCUT2D eigenvalue weighted by Gasteiger charge is -2.33. The molecule has 34 heavy (non-hydrogen) atoms. The average molecular weight is 466 g/mol. The van der Waals surface area contributed by atoms with E-state index in [4.69, 9.17) is 0 Å². The number of carbonyl (C=O) groups is 1. The molecule has 5 rings (SSSR count). The highest BCUT2D eigenvalue weighted by Gasteiger charge is 2.33. The Morgan fingerprint density at radius 2 is 1.82 bits per heavy atom. The van der Waals surface area contributed by atoms with Gasteiger partial charge in [-0.15, -0.1) is 0 Å². The summed E-state index contributed by atoms with van der Waals surface area (Å²) in [4.78, 5) is 19.2. The molecular formula is C24H21F3N6O. The molecule has 0 fully saturated rings. The van der Waals surface area contributed by atoms with Crippen LogP contribution in [-0.4, -0.2) is 41.9 Å². The highest BCUT2D eigenvalue weighted by atomic mass is 19.2. The lowest BCUT2D eigenvalue weighted by molar-refractivity contribution is 0.0673. The topological polar surface area (TPSA) is 68.8 Å². The summed E-state index contributed by atoms with van der Waals surface area (Å²) in [5, 5.41) is 8.83. The monoisotopic (exact) mass is 466 g/mol. The van der Waals surface area contributed by atoms with Gasteiger partial charge in [0, 0.05) is 30.3 Å². The van der Waals surface area contributed by atoms with Crippen LogP contribution in [0.3, 0.4) is 0 Å². The molecule has 0 saturated heterocycles. The van der Waals surface area contributed by atoms with Gasteiger partial charge in [0.05, 0.1) is 23.1 Å². The van der Waals surface area contributed by atoms with Gasteiger partial charge >= 0.3 is 0 Å². The zero-order valence-electron chi connectivity index (χ0n) is 18.8. The molecule has 0 N–H and O–H groups in total. The molecule has 0 aliphatic carbocycles. The van der Waals surface area contributed by atoms with Gasteiger partial charge in [-0.1, -0.05) is 6.07 Å². The third kappa shape index (κ3) is 3.55. The predicted octanol–water partition coefficient (Wildman–Crippen LogP) is 4.15. The molecule has 0 spiro atoms. The lowest BCUT2D eigenvalue weighted by Crippen LogP contribution is -2.39. The Morgan fingerprint density at radius 1 is 1.09 bits per heavy atom. The Bertz CT molecular complexity index is 1400. The molecule has 7 nitrogen and oxygen atoms in total. The molecule has 0 radical (unpaired) electrons. The van der Waals surface area contributed by atoms with E-state index in [2.05, 4.69) is 15.2 Å². The van der Waals surface area contributed by atoms with Crippen LogP contribution in [0.4, 0.5) is 13.2 Å². The van der Waals surface area contributed by atoms with Gasteiger partial charge in [0.25, 0.3) is 5.91 Å². The van der Waals surface area contributed by atoms with Crippen molar-refractivity contribution in [1.29, 1.82) is 0 Å². The Morgan fingerprint density at radius 3 is 2.50 bits per heavy atom. The maximum absolute atomic E-state index is 13.9. The molecule has 1 amide bonds. The van der Waals surface area contributed by atoms with Crippen LogP contribution in [0.5, 0.6) is 0 Å². The van der Waals surface area contributed by atoms with Crippen molar-refractivity contribution in [1.82, 2.24) is 29.4 Å². The van der Waals surface area contributed by atoms with Crippen molar-refractivity contribution in [3.8, 4) is 16.9 Å². The van der Waals surface area contributed by atoms with E-state index in [1.165, 1.54) is 4.68 Å². The first-order valence-corrected chi connectivity index (χ1v) is 10.7. The number of carbonyl (C=O) groups excluding carboxylic acids is 1. The molecule has 1 aliphatic rings. The van der Waals surface area contributed by atoms with Crippen molar-refractivity contribution < 1.29 is 18.0 Å². The molecule has 0 saturated carbocycles. The molecule has 0 bridgehead atoms. The summed E-state index contributed by atoms with van der Waals surface area (Å²) in [7, 11) is 1.66. The van der Waals surface area contributed by atoms with Gasteiger partial charge < -0.3 is 4.90 Å². The molecule has 174 valence electrons. The van der Waals surface area contributed by atoms with Crippen molar-refractivity contribution in [2.45, 2.75) is 26.3 Å². The number of fused-ring (bicyclic) bond motifs is 1. The van der Waals surface area contributed by atoms with Crippen molar-refractivity contribution in [2.24, 2.45) is 7.05 Å². The van der Waals surface area contributed by atoms with Crippen LogP contribution in [0.15, 0.2) is 42.7 Å². The van der Waals surface area contributed by atoms with E-state index in [0.717, 1.165) is 23.4 Å². The number of aromatic nitrogens is 5. The fraction of sp³-hybridized carbons (Fsp3) is 0.250. The van der Waals surface area contributed by atoms with Gasteiger partial charge in [0.1, 0.15) is 12.2 Å². The molecule has 2 aromatic heterocycles. The van der Waals surface area contributed by atoms with Crippen molar-refractivity contribution >= 4 is 5.91 Å². The van der Waals surface area contributed by atoms with Crippen LogP contribution in [0, 0.1) is 24.4 Å². The van der Waals surface area contributed by atoms with Gasteiger partial charge in [-0.05, 0) is 50.6 Å². The zero-order valence-corrected chi connectivity index (χ0v) is 18.8. The summed E-state index contributed by atoms with van der Waals surface area (Å²) in [6.45, 7) is 4.04. The average Bonchev–Trinajstić information content (AvgIpc) is 3.40. The summed E-state index contributed by atoms with van der Waals surface area (Å²) in [6, 6.07) is 8.69. The fourth-order valence-electron chi connectivity index (χ4n) is 4.49. The Labute approximate surface area is 193 Å². The molecule has 3 heterocycles. The van der Waals surface area contributed by atoms with Crippen LogP contribution in [0.25, 0.3) is 16.9 Å². The molecule has 1 aliphatic heterocycles. The van der Waals surface area contributed by atoms with Crippen LogP contribution in [0.1, 0.15) is 40.4 Å². The lowest BCUT2D eigenvalue weighted by atomic mass is 9.95. The first kappa shape index (κ1) is 21.9. The van der Waals surface area contributed by atoms with Crippen LogP contribution in [0.2, 0.25) is 0 Å². The summed E-state index contributed by atoms with van der Waals surface area (Å²) >= 11 is 0. The maximum atomic E-state index is 13.9. The minimum Gasteiger partial charge on any atom is -0.330 e. The SMILES string of the molecule is Cc1ncn(-c2cccc(C(=O)N3CCc4c(nn(C)c4-c4cc(F)c(F)c(F)c4)[C@@H]3C)c2)n1. The third-order valence-electron chi connectivity index (χ3n) is 6.12. The quantitative estimate of drug-likeness (QED) is 0.426. The van der Waals surface area contributed by atoms with E-state index in [-0.39, 0.29) is 17.5 Å². The minimum absolute atomic E-state index is 0.164. The second kappa shape index (κ2) is 8.12. The highest BCUT2D eigenvalue weighted by molar-refractivity contribution is 5.95. The number of hydrogen-bond acceptors (Lipinski definition) is 4. The molecule has 0 unspecified atom stereocenters. The zero-order chi connectivity index (χ0) is 24.1. The largest absolute Gasteiger partial charge is 0.330 e. The van der Waals surface area contributed by atoms with Gasteiger partial charge in [0.2, 0.25) is 0 Å². The predicted molar refractivity (Wildman–Crippen MR) is 118 cm³/mol. The van der Waals surface area contributed by atoms with Gasteiger partial charge in [-0.25, -0.2) is 22.8 Å². The maximum Gasteiger partial charge on any atom is 0.254 e. The van der Waals surface area contributed by atoms with Gasteiger partial charge in [-0.3, -0.25) is 9.48 Å². The van der Waals surface area contributed by atoms with Crippen LogP contribution in [-0.2, 0) is 13.5 Å². The Kier molecular flexibility index (Phi) is 5.22. The summed E-state index contributed by atoms with van der Waals surface area (Å²) in [5.74, 6) is -3.56. The van der Waals surface area contributed by atoms with Crippen molar-refractivity contribution in [3.63, 3.8) is 0 Å². The molecular weight excluding hydrogens is 445 g/mol. The number of aryl methyl sites for hydroxylation is 2. The normalized spacial score (nSPS) is 15.5. The number of nitrogens with zero attached hydrogens (tertiary/aromatic N) is 6. The minimum atomic E-state index is -1.51. The molecule has 2 aromatic carbocycles. The third-order valence-corrected chi connectivity index (χ3v) is 6.12. The van der Waals surface area contributed by atoms with Gasteiger partial charge in [0.15, 0.2) is 17.5 Å². The molecule has 1 atom stereocenters. The van der Waals surface area contributed by atoms with Crippen molar-refractivity contribution in [3.05, 3.63) is 82.8 Å². The van der Waals surface area contributed by atoms with E-state index in [1.54, 1.807) is 48.1 Å². The molecule has 10 heteroatoms. The Hall–Kier alpha value is -3.95. The summed E-state index contributed by atoms with van der Waals surface area (Å²) in [5.41, 5.74) is 3.37. The highest BCUT2D eigenvalue weighted by Crippen LogP contribution is 2.36. The van der Waals surface area contributed by atoms with Crippen LogP contribution < -0.4 is 0 Å². The smallest absolute Gasteiger partial charge is 0.254 e. The number of hydrogen-bond donors (Lipinski definition) is 0. The first-order valence-electron chi connectivity index (χ1n) is 10.7. The second-order valence-electron chi connectivity index (χ2n) is 8.30. The number of halogens is 3. The summed E-state index contributed by atoms with van der Waals surface area (Å²) in [6.07, 6.45) is 2.03. The summed E-state index contributed by atoms with van der Waals surface area (Å²) < 4.78 is 44.4. The van der Waals surface area contributed by atoms with E-state index in [1.807, 2.05) is 13.0 Å². The van der Waals surface area contributed by atoms with Gasteiger partial charge in [-0.2, -0.15) is 10.2 Å². The van der Waals surface area contributed by atoms with E-state index < -0.39 is 17.5 Å². The number of rotatable bonds is 3. The fourth-order valence-corrected chi connectivity index (χ4v) is 4.49. The number of benzene rings is 2. The standard InChI is InChI=1S/C24H21F3N6O/c1-13-22-18(23(31(3)30-22)16-10-19(25)21(27)20(26)11-16)7-8-32(13)24(34)15-5-4-6-17(9-15)33-12-28-14(2)29-33/h4-6,9-13H,7-8H2,1-3H3/t13-/m0/s1. The Balaban J connectivity index is 1.47. The van der Waals surface area contributed by atoms with Crippen molar-refractivity contribution in [2.75, 3.05) is 6.54 Å². The second-order valence-corrected chi connectivity index (χ2v) is 8.30. The van der Waals surface area contributed by atoms with E-state index >= 15 is 0 Å². The van der Waals surface area contributed by atoms with Crippen LogP contribution >= 0.6 is 0 Å². The first-order chi connectivity index (χ1) is 16.2. The molecule has 4 aromatic rings. The van der Waals surface area contributed by atoms with E-state index in [0.29, 0.717) is 35.7 Å². The van der Waals surface area contributed by atoms with E-state index in [9.17, 15) is 18.0 Å². The number of amides is 1.